The van der Waals surface area contributed by atoms with Crippen molar-refractivity contribution < 1.29 is 23.8 Å². The van der Waals surface area contributed by atoms with Gasteiger partial charge in [0.2, 0.25) is 6.79 Å². The Morgan fingerprint density at radius 1 is 1.22 bits per heavy atom. The van der Waals surface area contributed by atoms with Crippen molar-refractivity contribution in [2.24, 2.45) is 0 Å². The summed E-state index contributed by atoms with van der Waals surface area (Å²) in [6.45, 7) is 1.99. The van der Waals surface area contributed by atoms with E-state index in [9.17, 15) is 9.59 Å². The van der Waals surface area contributed by atoms with Gasteiger partial charge in [-0.25, -0.2) is 4.79 Å². The SMILES string of the molecule is C[C@H](OC(=O)c1n[nH]c2ccccc12)C(=O)NCc1ccc2c(c1)OCO2. The largest absolute Gasteiger partial charge is 0.454 e. The number of aromatic nitrogens is 2. The standard InChI is InChI=1S/C19H17N3O5/c1-11(27-19(24)17-13-4-2-3-5-14(13)21-22-17)18(23)20-9-12-6-7-15-16(8-12)26-10-25-15/h2-8,11H,9-10H2,1H3,(H,20,23)(H,21,22)/t11-/m0/s1. The third-order valence-corrected chi connectivity index (χ3v) is 4.22. The van der Waals surface area contributed by atoms with Gasteiger partial charge in [-0.1, -0.05) is 24.3 Å². The average molecular weight is 367 g/mol. The molecule has 2 aromatic carbocycles. The molecule has 0 aliphatic carbocycles. The van der Waals surface area contributed by atoms with Gasteiger partial charge in [-0.15, -0.1) is 0 Å². The third-order valence-electron chi connectivity index (χ3n) is 4.22. The number of amides is 1. The first-order valence-electron chi connectivity index (χ1n) is 8.42. The van der Waals surface area contributed by atoms with E-state index in [2.05, 4.69) is 15.5 Å². The summed E-state index contributed by atoms with van der Waals surface area (Å²) < 4.78 is 15.8. The van der Waals surface area contributed by atoms with Gasteiger partial charge >= 0.3 is 5.97 Å². The Morgan fingerprint density at radius 2 is 2.04 bits per heavy atom. The Kier molecular flexibility index (Phi) is 4.37. The molecule has 2 heterocycles. The lowest BCUT2D eigenvalue weighted by molar-refractivity contribution is -0.129. The van der Waals surface area contributed by atoms with Crippen molar-refractivity contribution in [1.82, 2.24) is 15.5 Å². The Hall–Kier alpha value is -3.55. The van der Waals surface area contributed by atoms with Crippen molar-refractivity contribution in [1.29, 1.82) is 0 Å². The van der Waals surface area contributed by atoms with Gasteiger partial charge in [-0.2, -0.15) is 5.10 Å². The Labute approximate surface area is 154 Å². The summed E-state index contributed by atoms with van der Waals surface area (Å²) in [5.74, 6) is 0.268. The van der Waals surface area contributed by atoms with Gasteiger partial charge in [-0.3, -0.25) is 9.89 Å². The second-order valence-corrected chi connectivity index (χ2v) is 6.07. The second kappa shape index (κ2) is 6.99. The molecule has 0 unspecified atom stereocenters. The third kappa shape index (κ3) is 3.41. The van der Waals surface area contributed by atoms with Crippen molar-refractivity contribution in [2.45, 2.75) is 19.6 Å². The van der Waals surface area contributed by atoms with Crippen LogP contribution in [0.1, 0.15) is 23.0 Å². The van der Waals surface area contributed by atoms with Crippen molar-refractivity contribution in [3.63, 3.8) is 0 Å². The van der Waals surface area contributed by atoms with Crippen LogP contribution in [0.5, 0.6) is 11.5 Å². The molecule has 3 aromatic rings. The lowest BCUT2D eigenvalue weighted by atomic mass is 10.2. The van der Waals surface area contributed by atoms with Crippen LogP contribution in [0.4, 0.5) is 0 Å². The molecule has 138 valence electrons. The normalized spacial score (nSPS) is 13.4. The van der Waals surface area contributed by atoms with Crippen molar-refractivity contribution >= 4 is 22.8 Å². The Bertz CT molecular complexity index is 1010. The number of H-pyrrole nitrogens is 1. The van der Waals surface area contributed by atoms with E-state index in [1.54, 1.807) is 30.3 Å². The molecule has 1 aliphatic rings. The maximum Gasteiger partial charge on any atom is 0.360 e. The van der Waals surface area contributed by atoms with Crippen LogP contribution in [-0.2, 0) is 16.1 Å². The van der Waals surface area contributed by atoms with Gasteiger partial charge in [0.1, 0.15) is 0 Å². The van der Waals surface area contributed by atoms with Crippen LogP contribution in [0.25, 0.3) is 10.9 Å². The van der Waals surface area contributed by atoms with Crippen LogP contribution in [0.3, 0.4) is 0 Å². The molecule has 4 rings (SSSR count). The number of carbonyl (C=O) groups is 2. The number of esters is 1. The zero-order valence-electron chi connectivity index (χ0n) is 14.5. The highest BCUT2D eigenvalue weighted by molar-refractivity contribution is 6.02. The summed E-state index contributed by atoms with van der Waals surface area (Å²) in [7, 11) is 0. The second-order valence-electron chi connectivity index (χ2n) is 6.07. The van der Waals surface area contributed by atoms with E-state index in [1.807, 2.05) is 12.1 Å². The van der Waals surface area contributed by atoms with E-state index in [1.165, 1.54) is 6.92 Å². The van der Waals surface area contributed by atoms with Crippen LogP contribution in [0, 0.1) is 0 Å². The molecule has 0 fully saturated rings. The summed E-state index contributed by atoms with van der Waals surface area (Å²) in [6, 6.07) is 12.6. The van der Waals surface area contributed by atoms with Crippen LogP contribution in [0.15, 0.2) is 42.5 Å². The summed E-state index contributed by atoms with van der Waals surface area (Å²) in [5.41, 5.74) is 1.73. The number of ether oxygens (including phenoxy) is 3. The van der Waals surface area contributed by atoms with Crippen LogP contribution < -0.4 is 14.8 Å². The van der Waals surface area contributed by atoms with E-state index >= 15 is 0 Å². The number of rotatable bonds is 5. The first-order valence-corrected chi connectivity index (χ1v) is 8.42. The molecule has 0 saturated carbocycles. The van der Waals surface area contributed by atoms with Crippen LogP contribution in [-0.4, -0.2) is 35.0 Å². The minimum atomic E-state index is -0.957. The number of nitrogens with zero attached hydrogens (tertiary/aromatic N) is 1. The number of aromatic amines is 1. The zero-order chi connectivity index (χ0) is 18.8. The molecule has 0 spiro atoms. The summed E-state index contributed by atoms with van der Waals surface area (Å²) in [4.78, 5) is 24.6. The topological polar surface area (TPSA) is 103 Å². The van der Waals surface area contributed by atoms with Gasteiger partial charge in [-0.05, 0) is 30.7 Å². The molecule has 2 N–H and O–H groups in total. The number of fused-ring (bicyclic) bond motifs is 2. The lowest BCUT2D eigenvalue weighted by Crippen LogP contribution is -2.35. The number of hydrogen-bond acceptors (Lipinski definition) is 6. The minimum Gasteiger partial charge on any atom is -0.454 e. The van der Waals surface area contributed by atoms with Gasteiger partial charge in [0.15, 0.2) is 23.3 Å². The molecule has 0 bridgehead atoms. The number of hydrogen-bond donors (Lipinski definition) is 2. The molecular formula is C19H17N3O5. The molecule has 1 atom stereocenters. The maximum absolute atomic E-state index is 12.3. The highest BCUT2D eigenvalue weighted by atomic mass is 16.7. The molecule has 27 heavy (non-hydrogen) atoms. The van der Waals surface area contributed by atoms with Crippen LogP contribution in [0.2, 0.25) is 0 Å². The predicted molar refractivity (Wildman–Crippen MR) is 95.4 cm³/mol. The fourth-order valence-corrected chi connectivity index (χ4v) is 2.77. The Balaban J connectivity index is 1.35. The van der Waals surface area contributed by atoms with Crippen LogP contribution >= 0.6 is 0 Å². The van der Waals surface area contributed by atoms with Crippen molar-refractivity contribution in [2.75, 3.05) is 6.79 Å². The molecule has 0 radical (unpaired) electrons. The first kappa shape index (κ1) is 16.9. The molecule has 1 aromatic heterocycles. The average Bonchev–Trinajstić information content (AvgIpc) is 3.32. The monoisotopic (exact) mass is 367 g/mol. The first-order chi connectivity index (χ1) is 13.1. The van der Waals surface area contributed by atoms with E-state index in [4.69, 9.17) is 14.2 Å². The smallest absolute Gasteiger partial charge is 0.360 e. The summed E-state index contributed by atoms with van der Waals surface area (Å²) >= 11 is 0. The highest BCUT2D eigenvalue weighted by Gasteiger charge is 2.22. The van der Waals surface area contributed by atoms with E-state index in [-0.39, 0.29) is 19.0 Å². The van der Waals surface area contributed by atoms with Crippen molar-refractivity contribution in [3.8, 4) is 11.5 Å². The fourth-order valence-electron chi connectivity index (χ4n) is 2.77. The van der Waals surface area contributed by atoms with Crippen molar-refractivity contribution in [3.05, 3.63) is 53.7 Å². The van der Waals surface area contributed by atoms with Gasteiger partial charge in [0.25, 0.3) is 5.91 Å². The maximum atomic E-state index is 12.3. The molecule has 0 saturated heterocycles. The minimum absolute atomic E-state index is 0.154. The number of nitrogens with one attached hydrogen (secondary N) is 2. The summed E-state index contributed by atoms with van der Waals surface area (Å²) in [6.07, 6.45) is -0.957. The van der Waals surface area contributed by atoms with Gasteiger partial charge in [0, 0.05) is 11.9 Å². The zero-order valence-corrected chi connectivity index (χ0v) is 14.5. The number of para-hydroxylation sites is 1. The van der Waals surface area contributed by atoms with E-state index in [0.717, 1.165) is 11.1 Å². The number of benzene rings is 2. The van der Waals surface area contributed by atoms with Gasteiger partial charge in [0.05, 0.1) is 5.52 Å². The molecule has 8 nitrogen and oxygen atoms in total. The Morgan fingerprint density at radius 3 is 2.93 bits per heavy atom. The lowest BCUT2D eigenvalue weighted by Gasteiger charge is -2.13. The van der Waals surface area contributed by atoms with E-state index in [0.29, 0.717) is 16.9 Å². The van der Waals surface area contributed by atoms with E-state index < -0.39 is 18.0 Å². The quantitative estimate of drug-likeness (QED) is 0.670. The molecular weight excluding hydrogens is 350 g/mol. The summed E-state index contributed by atoms with van der Waals surface area (Å²) in [5, 5.41) is 10.1. The fraction of sp³-hybridized carbons (Fsp3) is 0.211. The molecule has 1 aliphatic heterocycles. The predicted octanol–water partition coefficient (Wildman–Crippen LogP) is 2.15. The molecule has 1 amide bonds. The van der Waals surface area contributed by atoms with Gasteiger partial charge < -0.3 is 19.5 Å². The molecule has 8 heteroatoms. The number of carbonyl (C=O) groups excluding carboxylic acids is 2. The highest BCUT2D eigenvalue weighted by Crippen LogP contribution is 2.32.